The van der Waals surface area contributed by atoms with Gasteiger partial charge in [0.05, 0.1) is 24.0 Å². The van der Waals surface area contributed by atoms with Crippen LogP contribution in [0.25, 0.3) is 11.0 Å². The van der Waals surface area contributed by atoms with E-state index in [-0.39, 0.29) is 0 Å². The smallest absolute Gasteiger partial charge is 0.128 e. The molecule has 1 fully saturated rings. The SMILES string of the molecule is C[C@@H]1CN(c2ccccn2)CCN1Cn1cnc2ccccc21. The number of fused-ring (bicyclic) bond motifs is 1. The molecular formula is C18H21N5. The Morgan fingerprint density at radius 3 is 2.74 bits per heavy atom. The van der Waals surface area contributed by atoms with E-state index in [9.17, 15) is 0 Å². The fraction of sp³-hybridized carbons (Fsp3) is 0.333. The minimum Gasteiger partial charge on any atom is -0.354 e. The van der Waals surface area contributed by atoms with Crippen LogP contribution in [0.5, 0.6) is 0 Å². The summed E-state index contributed by atoms with van der Waals surface area (Å²) in [4.78, 5) is 13.8. The monoisotopic (exact) mass is 307 g/mol. The normalized spacial score (nSPS) is 19.3. The number of pyridine rings is 1. The van der Waals surface area contributed by atoms with Crippen molar-refractivity contribution in [2.24, 2.45) is 0 Å². The molecule has 23 heavy (non-hydrogen) atoms. The van der Waals surface area contributed by atoms with Crippen LogP contribution in [0.3, 0.4) is 0 Å². The Hall–Kier alpha value is -2.40. The first-order chi connectivity index (χ1) is 11.3. The van der Waals surface area contributed by atoms with Gasteiger partial charge in [0.2, 0.25) is 0 Å². The molecule has 0 radical (unpaired) electrons. The van der Waals surface area contributed by atoms with Crippen LogP contribution < -0.4 is 4.90 Å². The molecular weight excluding hydrogens is 286 g/mol. The Labute approximate surface area is 136 Å². The summed E-state index contributed by atoms with van der Waals surface area (Å²) in [7, 11) is 0. The summed E-state index contributed by atoms with van der Waals surface area (Å²) in [5, 5.41) is 0. The van der Waals surface area contributed by atoms with Gasteiger partial charge in [-0.25, -0.2) is 9.97 Å². The van der Waals surface area contributed by atoms with Gasteiger partial charge in [-0.15, -0.1) is 0 Å². The highest BCUT2D eigenvalue weighted by atomic mass is 15.3. The fourth-order valence-electron chi connectivity index (χ4n) is 3.27. The molecule has 4 rings (SSSR count). The van der Waals surface area contributed by atoms with E-state index in [1.807, 2.05) is 24.7 Å². The van der Waals surface area contributed by atoms with E-state index in [1.54, 1.807) is 0 Å². The quantitative estimate of drug-likeness (QED) is 0.745. The van der Waals surface area contributed by atoms with E-state index >= 15 is 0 Å². The summed E-state index contributed by atoms with van der Waals surface area (Å²) in [6.07, 6.45) is 3.81. The van der Waals surface area contributed by atoms with E-state index in [2.05, 4.69) is 61.6 Å². The molecule has 0 amide bonds. The molecule has 0 N–H and O–H groups in total. The predicted octanol–water partition coefficient (Wildman–Crippen LogP) is 2.60. The van der Waals surface area contributed by atoms with Crippen molar-refractivity contribution in [1.29, 1.82) is 0 Å². The first kappa shape index (κ1) is 14.2. The molecule has 0 bridgehead atoms. The summed E-state index contributed by atoms with van der Waals surface area (Å²) >= 11 is 0. The maximum atomic E-state index is 4.49. The summed E-state index contributed by atoms with van der Waals surface area (Å²) < 4.78 is 2.24. The Morgan fingerprint density at radius 2 is 1.91 bits per heavy atom. The average Bonchev–Trinajstić information content (AvgIpc) is 3.01. The molecule has 1 saturated heterocycles. The Bertz CT molecular complexity index is 782. The molecule has 3 aromatic rings. The third-order valence-electron chi connectivity index (χ3n) is 4.60. The van der Waals surface area contributed by atoms with Crippen molar-refractivity contribution < 1.29 is 0 Å². The third-order valence-corrected chi connectivity index (χ3v) is 4.60. The lowest BCUT2D eigenvalue weighted by Crippen LogP contribution is -2.52. The molecule has 118 valence electrons. The van der Waals surface area contributed by atoms with Gasteiger partial charge in [-0.3, -0.25) is 4.90 Å². The van der Waals surface area contributed by atoms with Gasteiger partial charge in [0.25, 0.3) is 0 Å². The van der Waals surface area contributed by atoms with Crippen LogP contribution in [-0.2, 0) is 6.67 Å². The van der Waals surface area contributed by atoms with E-state index in [4.69, 9.17) is 0 Å². The number of nitrogens with zero attached hydrogens (tertiary/aromatic N) is 5. The van der Waals surface area contributed by atoms with Crippen molar-refractivity contribution in [3.8, 4) is 0 Å². The molecule has 1 aliphatic rings. The highest BCUT2D eigenvalue weighted by Crippen LogP contribution is 2.19. The number of hydrogen-bond donors (Lipinski definition) is 0. The second-order valence-electron chi connectivity index (χ2n) is 6.14. The number of anilines is 1. The summed E-state index contributed by atoms with van der Waals surface area (Å²) in [6.45, 7) is 6.22. The van der Waals surface area contributed by atoms with Gasteiger partial charge in [-0.2, -0.15) is 0 Å². The zero-order valence-electron chi connectivity index (χ0n) is 13.3. The lowest BCUT2D eigenvalue weighted by molar-refractivity contribution is 0.148. The van der Waals surface area contributed by atoms with Gasteiger partial charge in [-0.05, 0) is 31.2 Å². The van der Waals surface area contributed by atoms with Gasteiger partial charge >= 0.3 is 0 Å². The molecule has 5 heteroatoms. The molecule has 0 unspecified atom stereocenters. The molecule has 5 nitrogen and oxygen atoms in total. The molecule has 0 saturated carbocycles. The standard InChI is InChI=1S/C18H21N5/c1-15-12-21(18-8-4-5-9-19-18)10-11-22(15)14-23-13-20-16-6-2-3-7-17(16)23/h2-9,13,15H,10-12,14H2,1H3/t15-/m1/s1. The van der Waals surface area contributed by atoms with Gasteiger partial charge in [0.15, 0.2) is 0 Å². The van der Waals surface area contributed by atoms with Crippen LogP contribution in [0.4, 0.5) is 5.82 Å². The number of rotatable bonds is 3. The minimum atomic E-state index is 0.479. The second kappa shape index (κ2) is 6.01. The van der Waals surface area contributed by atoms with Crippen LogP contribution in [0, 0.1) is 0 Å². The molecule has 1 atom stereocenters. The van der Waals surface area contributed by atoms with Crippen LogP contribution in [0.2, 0.25) is 0 Å². The average molecular weight is 307 g/mol. The van der Waals surface area contributed by atoms with Gasteiger partial charge < -0.3 is 9.47 Å². The summed E-state index contributed by atoms with van der Waals surface area (Å²) in [6, 6.07) is 14.9. The van der Waals surface area contributed by atoms with Gasteiger partial charge in [0.1, 0.15) is 5.82 Å². The number of hydrogen-bond acceptors (Lipinski definition) is 4. The summed E-state index contributed by atoms with van der Waals surface area (Å²) in [5.41, 5.74) is 2.26. The Kier molecular flexibility index (Phi) is 3.71. The lowest BCUT2D eigenvalue weighted by atomic mass is 10.2. The zero-order valence-corrected chi connectivity index (χ0v) is 13.3. The van der Waals surface area contributed by atoms with E-state index < -0.39 is 0 Å². The topological polar surface area (TPSA) is 37.2 Å². The summed E-state index contributed by atoms with van der Waals surface area (Å²) in [5.74, 6) is 1.08. The van der Waals surface area contributed by atoms with Crippen molar-refractivity contribution in [1.82, 2.24) is 19.4 Å². The number of imidazole rings is 1. The second-order valence-corrected chi connectivity index (χ2v) is 6.14. The maximum absolute atomic E-state index is 4.49. The Morgan fingerprint density at radius 1 is 1.04 bits per heavy atom. The molecule has 0 aliphatic carbocycles. The van der Waals surface area contributed by atoms with Crippen LogP contribution in [0.15, 0.2) is 55.0 Å². The maximum Gasteiger partial charge on any atom is 0.128 e. The van der Waals surface area contributed by atoms with Crippen LogP contribution in [-0.4, -0.2) is 45.1 Å². The van der Waals surface area contributed by atoms with Gasteiger partial charge in [0, 0.05) is 31.9 Å². The lowest BCUT2D eigenvalue weighted by Gasteiger charge is -2.40. The molecule has 1 aliphatic heterocycles. The van der Waals surface area contributed by atoms with Crippen molar-refractivity contribution in [3.63, 3.8) is 0 Å². The van der Waals surface area contributed by atoms with Crippen LogP contribution >= 0.6 is 0 Å². The highest BCUT2D eigenvalue weighted by molar-refractivity contribution is 5.74. The number of benzene rings is 1. The highest BCUT2D eigenvalue weighted by Gasteiger charge is 2.24. The fourth-order valence-corrected chi connectivity index (χ4v) is 3.27. The number of piperazine rings is 1. The zero-order chi connectivity index (χ0) is 15.6. The van der Waals surface area contributed by atoms with E-state index in [0.29, 0.717) is 6.04 Å². The molecule has 2 aromatic heterocycles. The third kappa shape index (κ3) is 2.80. The van der Waals surface area contributed by atoms with Gasteiger partial charge in [-0.1, -0.05) is 18.2 Å². The minimum absolute atomic E-state index is 0.479. The molecule has 1 aromatic carbocycles. The molecule has 3 heterocycles. The predicted molar refractivity (Wildman–Crippen MR) is 92.4 cm³/mol. The molecule has 0 spiro atoms. The van der Waals surface area contributed by atoms with Crippen LogP contribution in [0.1, 0.15) is 6.92 Å². The first-order valence-electron chi connectivity index (χ1n) is 8.11. The van der Waals surface area contributed by atoms with Crippen molar-refractivity contribution in [3.05, 3.63) is 55.0 Å². The van der Waals surface area contributed by atoms with Crippen molar-refractivity contribution >= 4 is 16.9 Å². The Balaban J connectivity index is 1.47. The van der Waals surface area contributed by atoms with E-state index in [1.165, 1.54) is 5.52 Å². The van der Waals surface area contributed by atoms with Crippen molar-refractivity contribution in [2.75, 3.05) is 24.5 Å². The van der Waals surface area contributed by atoms with Crippen molar-refractivity contribution in [2.45, 2.75) is 19.6 Å². The number of para-hydroxylation sites is 2. The van der Waals surface area contributed by atoms with E-state index in [0.717, 1.165) is 37.6 Å². The number of aromatic nitrogens is 3. The first-order valence-corrected chi connectivity index (χ1v) is 8.11. The largest absolute Gasteiger partial charge is 0.354 e.